The normalized spacial score (nSPS) is 10.4. The van der Waals surface area contributed by atoms with Crippen LogP contribution in [0.3, 0.4) is 0 Å². The van der Waals surface area contributed by atoms with Gasteiger partial charge in [-0.1, -0.05) is 6.07 Å². The number of aryl methyl sites for hydroxylation is 2. The van der Waals surface area contributed by atoms with Crippen molar-refractivity contribution in [1.29, 1.82) is 0 Å². The second-order valence-electron chi connectivity index (χ2n) is 4.83. The molecule has 0 spiro atoms. The van der Waals surface area contributed by atoms with Gasteiger partial charge < -0.3 is 11.1 Å². The van der Waals surface area contributed by atoms with Crippen LogP contribution in [0.4, 0.5) is 15.8 Å². The number of carbonyl (C=O) groups excluding carboxylic acids is 1. The molecule has 0 aromatic heterocycles. The first kappa shape index (κ1) is 15.4. The number of carbonyl (C=O) groups is 1. The van der Waals surface area contributed by atoms with Crippen LogP contribution >= 0.6 is 11.8 Å². The highest BCUT2D eigenvalue weighted by atomic mass is 32.2. The lowest BCUT2D eigenvalue weighted by molar-refractivity contribution is -0.113. The number of halogens is 1. The van der Waals surface area contributed by atoms with Crippen molar-refractivity contribution in [3.05, 3.63) is 53.3 Å². The first-order chi connectivity index (χ1) is 9.95. The van der Waals surface area contributed by atoms with Crippen molar-refractivity contribution in [2.45, 2.75) is 18.7 Å². The van der Waals surface area contributed by atoms with Crippen LogP contribution in [0.1, 0.15) is 11.1 Å². The molecule has 0 fully saturated rings. The summed E-state index contributed by atoms with van der Waals surface area (Å²) in [6.45, 7) is 3.63. The summed E-state index contributed by atoms with van der Waals surface area (Å²) in [6, 6.07) is 10.2. The van der Waals surface area contributed by atoms with Crippen LogP contribution < -0.4 is 11.1 Å². The maximum atomic E-state index is 13.4. The number of rotatable bonds is 4. The van der Waals surface area contributed by atoms with Gasteiger partial charge in [0, 0.05) is 16.3 Å². The fraction of sp³-hybridized carbons (Fsp3) is 0.188. The van der Waals surface area contributed by atoms with Crippen molar-refractivity contribution >= 4 is 29.0 Å². The van der Waals surface area contributed by atoms with Crippen molar-refractivity contribution in [2.75, 3.05) is 16.8 Å². The van der Waals surface area contributed by atoms with Crippen LogP contribution in [0.5, 0.6) is 0 Å². The standard InChI is InChI=1S/C16H17FN2OS/c1-10-3-5-13(8-14(10)17)19-16(20)9-21-15-6-4-12(18)7-11(15)2/h3-8H,9,18H2,1-2H3,(H,19,20). The summed E-state index contributed by atoms with van der Waals surface area (Å²) in [6.07, 6.45) is 0. The lowest BCUT2D eigenvalue weighted by Crippen LogP contribution is -2.14. The third kappa shape index (κ3) is 4.23. The molecule has 0 atom stereocenters. The molecule has 3 N–H and O–H groups in total. The fourth-order valence-corrected chi connectivity index (χ4v) is 2.66. The van der Waals surface area contributed by atoms with Crippen molar-refractivity contribution in [2.24, 2.45) is 0 Å². The molecular weight excluding hydrogens is 287 g/mol. The van der Waals surface area contributed by atoms with Gasteiger partial charge in [0.2, 0.25) is 5.91 Å². The summed E-state index contributed by atoms with van der Waals surface area (Å²) in [5.41, 5.74) is 8.45. The third-order valence-corrected chi connectivity index (χ3v) is 4.19. The summed E-state index contributed by atoms with van der Waals surface area (Å²) >= 11 is 1.43. The first-order valence-electron chi connectivity index (χ1n) is 6.50. The van der Waals surface area contributed by atoms with Crippen molar-refractivity contribution < 1.29 is 9.18 Å². The quantitative estimate of drug-likeness (QED) is 0.668. The summed E-state index contributed by atoms with van der Waals surface area (Å²) in [4.78, 5) is 12.9. The van der Waals surface area contributed by atoms with E-state index in [0.717, 1.165) is 10.5 Å². The molecule has 0 aliphatic heterocycles. The molecule has 21 heavy (non-hydrogen) atoms. The summed E-state index contributed by atoms with van der Waals surface area (Å²) < 4.78 is 13.4. The molecule has 0 saturated heterocycles. The lowest BCUT2D eigenvalue weighted by atomic mass is 10.2. The van der Waals surface area contributed by atoms with Crippen LogP contribution in [-0.2, 0) is 4.79 Å². The molecule has 1 amide bonds. The Bertz CT molecular complexity index is 673. The van der Waals surface area contributed by atoms with Crippen molar-refractivity contribution in [1.82, 2.24) is 0 Å². The van der Waals surface area contributed by atoms with E-state index in [9.17, 15) is 9.18 Å². The molecule has 0 bridgehead atoms. The number of nitrogens with one attached hydrogen (secondary N) is 1. The Morgan fingerprint density at radius 1 is 1.19 bits per heavy atom. The van der Waals surface area contributed by atoms with Crippen LogP contribution in [-0.4, -0.2) is 11.7 Å². The van der Waals surface area contributed by atoms with Gasteiger partial charge in [-0.15, -0.1) is 11.8 Å². The second kappa shape index (κ2) is 6.63. The minimum Gasteiger partial charge on any atom is -0.399 e. The second-order valence-corrected chi connectivity index (χ2v) is 5.84. The number of nitrogen functional groups attached to an aromatic ring is 1. The average molecular weight is 304 g/mol. The van der Waals surface area contributed by atoms with Gasteiger partial charge in [-0.2, -0.15) is 0 Å². The van der Waals surface area contributed by atoms with Gasteiger partial charge in [0.15, 0.2) is 0 Å². The summed E-state index contributed by atoms with van der Waals surface area (Å²) in [5, 5.41) is 2.69. The number of thioether (sulfide) groups is 1. The third-order valence-electron chi connectivity index (χ3n) is 3.01. The number of amides is 1. The highest BCUT2D eigenvalue weighted by molar-refractivity contribution is 8.00. The molecule has 2 aromatic carbocycles. The van der Waals surface area contributed by atoms with E-state index in [0.29, 0.717) is 16.9 Å². The molecule has 0 aliphatic rings. The lowest BCUT2D eigenvalue weighted by Gasteiger charge is -2.08. The minimum absolute atomic E-state index is 0.167. The van der Waals surface area contributed by atoms with E-state index in [1.807, 2.05) is 25.1 Å². The van der Waals surface area contributed by atoms with Crippen LogP contribution in [0.15, 0.2) is 41.3 Å². The molecule has 2 aromatic rings. The van der Waals surface area contributed by atoms with Gasteiger partial charge >= 0.3 is 0 Å². The molecule has 2 rings (SSSR count). The minimum atomic E-state index is -0.324. The Kier molecular flexibility index (Phi) is 4.85. The van der Waals surface area contributed by atoms with Crippen LogP contribution in [0.25, 0.3) is 0 Å². The molecule has 3 nitrogen and oxygen atoms in total. The number of anilines is 2. The maximum Gasteiger partial charge on any atom is 0.234 e. The largest absolute Gasteiger partial charge is 0.399 e. The van der Waals surface area contributed by atoms with Gasteiger partial charge in [-0.25, -0.2) is 4.39 Å². The van der Waals surface area contributed by atoms with Gasteiger partial charge in [-0.05, 0) is 55.3 Å². The Morgan fingerprint density at radius 2 is 1.95 bits per heavy atom. The average Bonchev–Trinajstić information content (AvgIpc) is 2.42. The SMILES string of the molecule is Cc1ccc(NC(=O)CSc2ccc(N)cc2C)cc1F. The van der Waals surface area contributed by atoms with Crippen molar-refractivity contribution in [3.8, 4) is 0 Å². The van der Waals surface area contributed by atoms with Crippen LogP contribution in [0, 0.1) is 19.7 Å². The summed E-state index contributed by atoms with van der Waals surface area (Å²) in [7, 11) is 0. The van der Waals surface area contributed by atoms with Gasteiger partial charge in [0.1, 0.15) is 5.82 Å². The smallest absolute Gasteiger partial charge is 0.234 e. The molecular formula is C16H17FN2OS. The molecule has 0 aliphatic carbocycles. The molecule has 0 unspecified atom stereocenters. The van der Waals surface area contributed by atoms with Gasteiger partial charge in [-0.3, -0.25) is 4.79 Å². The Hall–Kier alpha value is -2.01. The number of nitrogens with two attached hydrogens (primary N) is 1. The molecule has 0 heterocycles. The van der Waals surface area contributed by atoms with E-state index in [2.05, 4.69) is 5.32 Å². The molecule has 0 radical (unpaired) electrons. The zero-order chi connectivity index (χ0) is 15.4. The summed E-state index contributed by atoms with van der Waals surface area (Å²) in [5.74, 6) is -0.227. The van der Waals surface area contributed by atoms with Gasteiger partial charge in [0.05, 0.1) is 5.75 Å². The Labute approximate surface area is 127 Å². The predicted octanol–water partition coefficient (Wildman–Crippen LogP) is 3.76. The number of benzene rings is 2. The highest BCUT2D eigenvalue weighted by Gasteiger charge is 2.07. The zero-order valence-electron chi connectivity index (χ0n) is 11.9. The highest BCUT2D eigenvalue weighted by Crippen LogP contribution is 2.24. The molecule has 110 valence electrons. The number of hydrogen-bond donors (Lipinski definition) is 2. The zero-order valence-corrected chi connectivity index (χ0v) is 12.8. The van der Waals surface area contributed by atoms with E-state index in [4.69, 9.17) is 5.73 Å². The predicted molar refractivity (Wildman–Crippen MR) is 86.1 cm³/mol. The maximum absolute atomic E-state index is 13.4. The number of hydrogen-bond acceptors (Lipinski definition) is 3. The van der Waals surface area contributed by atoms with E-state index >= 15 is 0 Å². The van der Waals surface area contributed by atoms with Gasteiger partial charge in [0.25, 0.3) is 0 Å². The van der Waals surface area contributed by atoms with E-state index in [1.54, 1.807) is 19.1 Å². The molecule has 5 heteroatoms. The fourth-order valence-electron chi connectivity index (χ4n) is 1.85. The monoisotopic (exact) mass is 304 g/mol. The van der Waals surface area contributed by atoms with E-state index in [1.165, 1.54) is 17.8 Å². The van der Waals surface area contributed by atoms with Crippen LogP contribution in [0.2, 0.25) is 0 Å². The van der Waals surface area contributed by atoms with Crippen molar-refractivity contribution in [3.63, 3.8) is 0 Å². The topological polar surface area (TPSA) is 55.1 Å². The Morgan fingerprint density at radius 3 is 2.62 bits per heavy atom. The van der Waals surface area contributed by atoms with E-state index in [-0.39, 0.29) is 17.5 Å². The molecule has 0 saturated carbocycles. The Balaban J connectivity index is 1.94. The van der Waals surface area contributed by atoms with E-state index < -0.39 is 0 Å². The first-order valence-corrected chi connectivity index (χ1v) is 7.49.